The molecule has 0 aliphatic carbocycles. The summed E-state index contributed by atoms with van der Waals surface area (Å²) >= 11 is 0. The number of rotatable bonds is 13. The van der Waals surface area contributed by atoms with Crippen LogP contribution in [0.2, 0.25) is 0 Å². The Labute approximate surface area is 246 Å². The quantitative estimate of drug-likeness (QED) is 0.112. The lowest BCUT2D eigenvalue weighted by Gasteiger charge is -2.16. The zero-order valence-corrected chi connectivity index (χ0v) is 24.2. The number of hydrogen-bond donors (Lipinski definition) is 4. The second-order valence-electron chi connectivity index (χ2n) is 9.30. The van der Waals surface area contributed by atoms with Crippen LogP contribution in [0.3, 0.4) is 0 Å². The van der Waals surface area contributed by atoms with Gasteiger partial charge in [-0.3, -0.25) is 4.79 Å². The van der Waals surface area contributed by atoms with E-state index in [9.17, 15) is 4.79 Å². The molecule has 0 heterocycles. The van der Waals surface area contributed by atoms with E-state index in [0.717, 1.165) is 33.8 Å². The van der Waals surface area contributed by atoms with Crippen molar-refractivity contribution < 1.29 is 23.7 Å². The summed E-state index contributed by atoms with van der Waals surface area (Å²) in [5, 5.41) is 9.67. The summed E-state index contributed by atoms with van der Waals surface area (Å²) in [5.74, 6) is 2.22. The van der Waals surface area contributed by atoms with Crippen molar-refractivity contribution in [3.05, 3.63) is 102 Å². The monoisotopic (exact) mass is 568 g/mol. The molecule has 9 heteroatoms. The summed E-state index contributed by atoms with van der Waals surface area (Å²) in [6.07, 6.45) is 3.26. The van der Waals surface area contributed by atoms with Crippen LogP contribution in [0.4, 0.5) is 22.7 Å². The second kappa shape index (κ2) is 14.4. The van der Waals surface area contributed by atoms with Gasteiger partial charge in [0.2, 0.25) is 11.7 Å². The fourth-order valence-electron chi connectivity index (χ4n) is 4.32. The van der Waals surface area contributed by atoms with Gasteiger partial charge in [0, 0.05) is 48.2 Å². The predicted octanol–water partition coefficient (Wildman–Crippen LogP) is 6.18. The molecule has 42 heavy (non-hydrogen) atoms. The highest BCUT2D eigenvalue weighted by Gasteiger charge is 2.14. The number of benzene rings is 4. The first-order chi connectivity index (χ1) is 20.4. The third-order valence-electron chi connectivity index (χ3n) is 6.55. The van der Waals surface area contributed by atoms with E-state index in [4.69, 9.17) is 24.7 Å². The molecule has 0 radical (unpaired) electrons. The molecule has 0 saturated carbocycles. The lowest BCUT2D eigenvalue weighted by Crippen LogP contribution is -2.09. The summed E-state index contributed by atoms with van der Waals surface area (Å²) < 4.78 is 21.9. The van der Waals surface area contributed by atoms with E-state index in [1.807, 2.05) is 60.7 Å². The summed E-state index contributed by atoms with van der Waals surface area (Å²) in [7, 11) is 6.41. The average molecular weight is 569 g/mol. The molecule has 0 spiro atoms. The van der Waals surface area contributed by atoms with E-state index in [-0.39, 0.29) is 5.91 Å². The maximum atomic E-state index is 12.3. The van der Waals surface area contributed by atoms with E-state index in [1.54, 1.807) is 46.6 Å². The van der Waals surface area contributed by atoms with Gasteiger partial charge in [-0.05, 0) is 47.5 Å². The maximum Gasteiger partial charge on any atom is 0.248 e. The summed E-state index contributed by atoms with van der Waals surface area (Å²) in [6.45, 7) is 1.15. The number of carbonyl (C=O) groups excluding carboxylic acids is 1. The van der Waals surface area contributed by atoms with Crippen LogP contribution in [0.5, 0.6) is 23.0 Å². The standard InChI is InChI=1S/C33H36N4O5/c1-39-29-15-14-25(17-24(29)21-36-26-18-30(40-2)33(42-4)31(19-26)41-3)35-20-23-11-9-22(10-12-23)13-16-32(38)37-28-8-6-5-7-27(28)34/h5-19,35-36H,20-21,34H2,1-4H3,(H,37,38)/b16-13-. The number of carbonyl (C=O) groups is 1. The number of para-hydroxylation sites is 2. The van der Waals surface area contributed by atoms with Gasteiger partial charge in [-0.25, -0.2) is 0 Å². The zero-order chi connectivity index (χ0) is 29.9. The molecule has 4 rings (SSSR count). The Kier molecular flexibility index (Phi) is 10.1. The topological polar surface area (TPSA) is 116 Å². The van der Waals surface area contributed by atoms with E-state index >= 15 is 0 Å². The second-order valence-corrected chi connectivity index (χ2v) is 9.30. The van der Waals surface area contributed by atoms with Crippen LogP contribution in [0.1, 0.15) is 16.7 Å². The number of nitrogens with one attached hydrogen (secondary N) is 3. The van der Waals surface area contributed by atoms with Crippen LogP contribution in [-0.2, 0) is 17.9 Å². The molecule has 5 N–H and O–H groups in total. The highest BCUT2D eigenvalue weighted by molar-refractivity contribution is 6.03. The molecule has 0 unspecified atom stereocenters. The van der Waals surface area contributed by atoms with Crippen molar-refractivity contribution in [3.8, 4) is 23.0 Å². The molecular weight excluding hydrogens is 532 g/mol. The molecule has 0 bridgehead atoms. The van der Waals surface area contributed by atoms with E-state index in [2.05, 4.69) is 22.0 Å². The maximum absolute atomic E-state index is 12.3. The minimum absolute atomic E-state index is 0.242. The molecule has 218 valence electrons. The third kappa shape index (κ3) is 7.66. The smallest absolute Gasteiger partial charge is 0.248 e. The first-order valence-corrected chi connectivity index (χ1v) is 13.3. The predicted molar refractivity (Wildman–Crippen MR) is 169 cm³/mol. The number of methoxy groups -OCH3 is 4. The number of nitrogen functional groups attached to an aromatic ring is 1. The van der Waals surface area contributed by atoms with Crippen molar-refractivity contribution >= 4 is 34.7 Å². The van der Waals surface area contributed by atoms with Crippen molar-refractivity contribution in [2.24, 2.45) is 0 Å². The Morgan fingerprint density at radius 2 is 1.40 bits per heavy atom. The number of hydrogen-bond acceptors (Lipinski definition) is 8. The third-order valence-corrected chi connectivity index (χ3v) is 6.55. The van der Waals surface area contributed by atoms with Crippen LogP contribution in [0.15, 0.2) is 84.9 Å². The Bertz CT molecular complexity index is 1510. The molecule has 0 aliphatic rings. The minimum Gasteiger partial charge on any atom is -0.496 e. The SMILES string of the molecule is COc1ccc(NCc2ccc(/C=C\C(=O)Nc3ccccc3N)cc2)cc1CNc1cc(OC)c(OC)c(OC)c1. The first-order valence-electron chi connectivity index (χ1n) is 13.3. The largest absolute Gasteiger partial charge is 0.496 e. The Hall–Kier alpha value is -5.31. The van der Waals surface area contributed by atoms with Crippen LogP contribution < -0.4 is 40.6 Å². The highest BCUT2D eigenvalue weighted by atomic mass is 16.5. The molecule has 0 atom stereocenters. The van der Waals surface area contributed by atoms with Gasteiger partial charge in [0.25, 0.3) is 0 Å². The molecule has 4 aromatic carbocycles. The van der Waals surface area contributed by atoms with Crippen LogP contribution in [0, 0.1) is 0 Å². The lowest BCUT2D eigenvalue weighted by molar-refractivity contribution is -0.111. The molecule has 9 nitrogen and oxygen atoms in total. The highest BCUT2D eigenvalue weighted by Crippen LogP contribution is 2.40. The Balaban J connectivity index is 1.36. The van der Waals surface area contributed by atoms with Gasteiger partial charge >= 0.3 is 0 Å². The Morgan fingerprint density at radius 1 is 0.738 bits per heavy atom. The molecule has 0 aliphatic heterocycles. The van der Waals surface area contributed by atoms with Crippen molar-refractivity contribution in [2.45, 2.75) is 13.1 Å². The van der Waals surface area contributed by atoms with Crippen molar-refractivity contribution in [1.29, 1.82) is 0 Å². The van der Waals surface area contributed by atoms with Crippen LogP contribution >= 0.6 is 0 Å². The van der Waals surface area contributed by atoms with Crippen LogP contribution in [0.25, 0.3) is 6.08 Å². The van der Waals surface area contributed by atoms with Crippen molar-refractivity contribution in [3.63, 3.8) is 0 Å². The van der Waals surface area contributed by atoms with Gasteiger partial charge in [0.05, 0.1) is 39.8 Å². The molecule has 0 saturated heterocycles. The van der Waals surface area contributed by atoms with Crippen LogP contribution in [-0.4, -0.2) is 34.3 Å². The summed E-state index contributed by atoms with van der Waals surface area (Å²) in [6, 6.07) is 24.8. The number of anilines is 4. The van der Waals surface area contributed by atoms with Gasteiger partial charge in [-0.1, -0.05) is 36.4 Å². The van der Waals surface area contributed by atoms with Gasteiger partial charge in [0.15, 0.2) is 11.5 Å². The van der Waals surface area contributed by atoms with Gasteiger partial charge < -0.3 is 40.6 Å². The van der Waals surface area contributed by atoms with Gasteiger partial charge in [-0.2, -0.15) is 0 Å². The van der Waals surface area contributed by atoms with Gasteiger partial charge in [0.1, 0.15) is 5.75 Å². The first kappa shape index (κ1) is 29.7. The normalized spacial score (nSPS) is 10.7. The fourth-order valence-corrected chi connectivity index (χ4v) is 4.32. The van der Waals surface area contributed by atoms with E-state index < -0.39 is 0 Å². The summed E-state index contributed by atoms with van der Waals surface area (Å²) in [5.41, 5.74) is 11.8. The number of amides is 1. The molecule has 0 fully saturated rings. The van der Waals surface area contributed by atoms with Gasteiger partial charge in [-0.15, -0.1) is 0 Å². The minimum atomic E-state index is -0.242. The zero-order valence-electron chi connectivity index (χ0n) is 24.2. The molecule has 0 aromatic heterocycles. The molecule has 1 amide bonds. The lowest BCUT2D eigenvalue weighted by atomic mass is 10.1. The number of nitrogens with two attached hydrogens (primary N) is 1. The van der Waals surface area contributed by atoms with E-state index in [1.165, 1.54) is 6.08 Å². The average Bonchev–Trinajstić information content (AvgIpc) is 3.02. The van der Waals surface area contributed by atoms with E-state index in [0.29, 0.717) is 41.7 Å². The molecule has 4 aromatic rings. The fraction of sp³-hybridized carbons (Fsp3) is 0.182. The summed E-state index contributed by atoms with van der Waals surface area (Å²) in [4.78, 5) is 12.3. The number of ether oxygens (including phenoxy) is 4. The van der Waals surface area contributed by atoms with Crippen molar-refractivity contribution in [2.75, 3.05) is 50.1 Å². The Morgan fingerprint density at radius 3 is 2.05 bits per heavy atom. The molecular formula is C33H36N4O5. The van der Waals surface area contributed by atoms with Crippen molar-refractivity contribution in [1.82, 2.24) is 0 Å².